The van der Waals surface area contributed by atoms with Crippen LogP contribution in [0, 0.1) is 0 Å². The first-order valence-corrected chi connectivity index (χ1v) is 4.81. The monoisotopic (exact) mass is 224 g/mol. The number of hydrogen-bond acceptors (Lipinski definition) is 5. The van der Waals surface area contributed by atoms with Crippen molar-refractivity contribution in [2.75, 3.05) is 13.7 Å². The van der Waals surface area contributed by atoms with Crippen molar-refractivity contribution in [3.05, 3.63) is 23.8 Å². The van der Waals surface area contributed by atoms with Crippen LogP contribution >= 0.6 is 0 Å². The molecule has 1 aromatic carbocycles. The first kappa shape index (κ1) is 12.5. The summed E-state index contributed by atoms with van der Waals surface area (Å²) in [7, 11) is -0.202. The molecule has 0 aliphatic carbocycles. The minimum Gasteiger partial charge on any atom is -0.496 e. The standard InChI is InChI=1S/C10H13BO5/c1-3-16-10(12)8-6-7(11(13)14)4-5-9(8)15-2/h4-6,13-14H,3H2,1-2H3. The molecule has 0 unspecified atom stereocenters. The molecule has 6 heteroatoms. The van der Waals surface area contributed by atoms with E-state index in [0.717, 1.165) is 0 Å². The van der Waals surface area contributed by atoms with E-state index in [0.29, 0.717) is 5.75 Å². The Labute approximate surface area is 93.8 Å². The third-order valence-corrected chi connectivity index (χ3v) is 2.02. The summed E-state index contributed by atoms with van der Waals surface area (Å²) in [5.41, 5.74) is 0.388. The predicted octanol–water partition coefficient (Wildman–Crippen LogP) is -0.448. The van der Waals surface area contributed by atoms with Gasteiger partial charge in [-0.1, -0.05) is 6.07 Å². The molecule has 0 aliphatic rings. The SMILES string of the molecule is CCOC(=O)c1cc(B(O)O)ccc1OC. The highest BCUT2D eigenvalue weighted by Gasteiger charge is 2.18. The largest absolute Gasteiger partial charge is 0.496 e. The van der Waals surface area contributed by atoms with Crippen LogP contribution < -0.4 is 10.2 Å². The smallest absolute Gasteiger partial charge is 0.488 e. The molecule has 0 heterocycles. The number of hydrogen-bond donors (Lipinski definition) is 2. The maximum Gasteiger partial charge on any atom is 0.488 e. The van der Waals surface area contributed by atoms with Crippen molar-refractivity contribution in [1.29, 1.82) is 0 Å². The van der Waals surface area contributed by atoms with E-state index in [2.05, 4.69) is 0 Å². The molecular weight excluding hydrogens is 211 g/mol. The molecule has 0 amide bonds. The topological polar surface area (TPSA) is 76.0 Å². The maximum atomic E-state index is 11.5. The number of carbonyl (C=O) groups excluding carboxylic acids is 1. The molecule has 0 aliphatic heterocycles. The van der Waals surface area contributed by atoms with Crippen molar-refractivity contribution >= 4 is 18.6 Å². The lowest BCUT2D eigenvalue weighted by Gasteiger charge is -2.09. The molecule has 0 saturated heterocycles. The zero-order valence-electron chi connectivity index (χ0n) is 9.14. The van der Waals surface area contributed by atoms with Crippen molar-refractivity contribution in [3.63, 3.8) is 0 Å². The Kier molecular flexibility index (Phi) is 4.33. The lowest BCUT2D eigenvalue weighted by atomic mass is 9.79. The Morgan fingerprint density at radius 1 is 1.44 bits per heavy atom. The van der Waals surface area contributed by atoms with Crippen molar-refractivity contribution in [1.82, 2.24) is 0 Å². The third-order valence-electron chi connectivity index (χ3n) is 2.02. The zero-order chi connectivity index (χ0) is 12.1. The van der Waals surface area contributed by atoms with E-state index in [1.165, 1.54) is 25.3 Å². The fourth-order valence-electron chi connectivity index (χ4n) is 1.25. The van der Waals surface area contributed by atoms with Crippen LogP contribution in [0.5, 0.6) is 5.75 Å². The average Bonchev–Trinajstić information content (AvgIpc) is 2.28. The Balaban J connectivity index is 3.11. The Morgan fingerprint density at radius 2 is 2.12 bits per heavy atom. The summed E-state index contributed by atoms with van der Waals surface area (Å²) in [5.74, 6) is -0.218. The van der Waals surface area contributed by atoms with Gasteiger partial charge in [-0.25, -0.2) is 4.79 Å². The molecule has 86 valence electrons. The van der Waals surface area contributed by atoms with E-state index < -0.39 is 13.1 Å². The lowest BCUT2D eigenvalue weighted by molar-refractivity contribution is 0.0523. The fourth-order valence-corrected chi connectivity index (χ4v) is 1.25. The van der Waals surface area contributed by atoms with Gasteiger partial charge >= 0.3 is 13.1 Å². The second kappa shape index (κ2) is 5.53. The van der Waals surface area contributed by atoms with Crippen molar-refractivity contribution in [2.24, 2.45) is 0 Å². The van der Waals surface area contributed by atoms with Gasteiger partial charge in [-0.2, -0.15) is 0 Å². The minimum absolute atomic E-state index is 0.176. The van der Waals surface area contributed by atoms with Crippen molar-refractivity contribution in [3.8, 4) is 5.75 Å². The van der Waals surface area contributed by atoms with Gasteiger partial charge in [0.1, 0.15) is 11.3 Å². The summed E-state index contributed by atoms with van der Waals surface area (Å²) in [6, 6.07) is 4.29. The van der Waals surface area contributed by atoms with E-state index in [-0.39, 0.29) is 17.6 Å². The summed E-state index contributed by atoms with van der Waals surface area (Å²) in [6.45, 7) is 1.93. The highest BCUT2D eigenvalue weighted by atomic mass is 16.5. The fraction of sp³-hybridized carbons (Fsp3) is 0.300. The van der Waals surface area contributed by atoms with Crippen LogP contribution in [0.3, 0.4) is 0 Å². The first-order chi connectivity index (χ1) is 7.60. The van der Waals surface area contributed by atoms with Gasteiger partial charge in [0.05, 0.1) is 13.7 Å². The molecule has 0 atom stereocenters. The zero-order valence-corrected chi connectivity index (χ0v) is 9.14. The van der Waals surface area contributed by atoms with Crippen molar-refractivity contribution < 1.29 is 24.3 Å². The molecule has 5 nitrogen and oxygen atoms in total. The summed E-state index contributed by atoms with van der Waals surface area (Å²) in [4.78, 5) is 11.5. The van der Waals surface area contributed by atoms with Gasteiger partial charge in [0.2, 0.25) is 0 Å². The molecule has 0 fully saturated rings. The van der Waals surface area contributed by atoms with E-state index in [1.807, 2.05) is 0 Å². The van der Waals surface area contributed by atoms with E-state index in [9.17, 15) is 4.79 Å². The number of rotatable bonds is 4. The lowest BCUT2D eigenvalue weighted by Crippen LogP contribution is -2.30. The summed E-state index contributed by atoms with van der Waals surface area (Å²) >= 11 is 0. The Morgan fingerprint density at radius 3 is 2.62 bits per heavy atom. The Hall–Kier alpha value is -1.53. The van der Waals surface area contributed by atoms with Crippen LogP contribution in [0.1, 0.15) is 17.3 Å². The number of esters is 1. The van der Waals surface area contributed by atoms with Crippen LogP contribution in [0.2, 0.25) is 0 Å². The minimum atomic E-state index is -1.63. The molecule has 2 N–H and O–H groups in total. The van der Waals surface area contributed by atoms with Gasteiger partial charge < -0.3 is 19.5 Å². The van der Waals surface area contributed by atoms with Gasteiger partial charge in [-0.05, 0) is 24.5 Å². The van der Waals surface area contributed by atoms with Crippen LogP contribution in [-0.2, 0) is 4.74 Å². The van der Waals surface area contributed by atoms with Crippen molar-refractivity contribution in [2.45, 2.75) is 6.92 Å². The van der Waals surface area contributed by atoms with Gasteiger partial charge in [-0.15, -0.1) is 0 Å². The molecule has 16 heavy (non-hydrogen) atoms. The molecule has 0 spiro atoms. The number of benzene rings is 1. The second-order valence-electron chi connectivity index (χ2n) is 3.05. The highest BCUT2D eigenvalue weighted by molar-refractivity contribution is 6.58. The maximum absolute atomic E-state index is 11.5. The number of methoxy groups -OCH3 is 1. The molecule has 0 saturated carbocycles. The second-order valence-corrected chi connectivity index (χ2v) is 3.05. The molecule has 0 aromatic heterocycles. The summed E-state index contributed by atoms with van der Waals surface area (Å²) < 4.78 is 9.81. The molecule has 1 aromatic rings. The van der Waals surface area contributed by atoms with Crippen LogP contribution in [0.15, 0.2) is 18.2 Å². The normalized spacial score (nSPS) is 9.75. The van der Waals surface area contributed by atoms with E-state index in [4.69, 9.17) is 19.5 Å². The average molecular weight is 224 g/mol. The van der Waals surface area contributed by atoms with Gasteiger partial charge in [-0.3, -0.25) is 0 Å². The van der Waals surface area contributed by atoms with E-state index in [1.54, 1.807) is 6.92 Å². The van der Waals surface area contributed by atoms with Crippen LogP contribution in [-0.4, -0.2) is 36.9 Å². The molecule has 0 radical (unpaired) electrons. The van der Waals surface area contributed by atoms with Crippen LogP contribution in [0.25, 0.3) is 0 Å². The first-order valence-electron chi connectivity index (χ1n) is 4.81. The van der Waals surface area contributed by atoms with Gasteiger partial charge in [0.15, 0.2) is 0 Å². The predicted molar refractivity (Wildman–Crippen MR) is 58.8 cm³/mol. The summed E-state index contributed by atoms with van der Waals surface area (Å²) in [6.07, 6.45) is 0. The van der Waals surface area contributed by atoms with Crippen LogP contribution in [0.4, 0.5) is 0 Å². The number of ether oxygens (including phenoxy) is 2. The van der Waals surface area contributed by atoms with Gasteiger partial charge in [0.25, 0.3) is 0 Å². The molecule has 0 bridgehead atoms. The van der Waals surface area contributed by atoms with E-state index >= 15 is 0 Å². The molecular formula is C10H13BO5. The molecule has 1 rings (SSSR count). The highest BCUT2D eigenvalue weighted by Crippen LogP contribution is 2.17. The quantitative estimate of drug-likeness (QED) is 0.535. The summed E-state index contributed by atoms with van der Waals surface area (Å²) in [5, 5.41) is 18.0. The Bertz CT molecular complexity index is 377. The third kappa shape index (κ3) is 2.74. The number of carbonyl (C=O) groups is 1. The van der Waals surface area contributed by atoms with Gasteiger partial charge in [0, 0.05) is 0 Å².